The van der Waals surface area contributed by atoms with Crippen LogP contribution in [0.1, 0.15) is 13.3 Å². The highest BCUT2D eigenvalue weighted by atomic mass is 32.2. The zero-order valence-corrected chi connectivity index (χ0v) is 12.9. The maximum atomic E-state index is 12.0. The number of carbonyl (C=O) groups is 2. The van der Waals surface area contributed by atoms with Crippen molar-refractivity contribution in [2.45, 2.75) is 18.2 Å². The van der Waals surface area contributed by atoms with Gasteiger partial charge in [0.25, 0.3) is 0 Å². The van der Waals surface area contributed by atoms with E-state index >= 15 is 0 Å². The number of likely N-dealkylation sites (N-methyl/N-ethyl adjacent to an activating group) is 1. The zero-order chi connectivity index (χ0) is 15.9. The fourth-order valence-corrected chi connectivity index (χ4v) is 2.90. The first kappa shape index (κ1) is 17.2. The Bertz CT molecular complexity index is 583. The summed E-state index contributed by atoms with van der Waals surface area (Å²) < 4.78 is 28.8. The molecule has 6 nitrogen and oxygen atoms in total. The molecule has 0 saturated carbocycles. The molecule has 0 heterocycles. The van der Waals surface area contributed by atoms with Crippen LogP contribution in [-0.2, 0) is 24.2 Å². The number of benzene rings is 1. The molecule has 1 amide bonds. The SMILES string of the molecule is CCOC(=O)CN(C)C(=O)CCS(=O)(=O)c1ccccc1. The number of ether oxygens (including phenoxy) is 1. The molecular formula is C14H19NO5S. The Kier molecular flexibility index (Phi) is 6.36. The molecule has 0 atom stereocenters. The van der Waals surface area contributed by atoms with Crippen molar-refractivity contribution in [1.29, 1.82) is 0 Å². The first-order chi connectivity index (χ1) is 9.86. The summed E-state index contributed by atoms with van der Waals surface area (Å²) in [6.45, 7) is 1.73. The van der Waals surface area contributed by atoms with E-state index in [0.717, 1.165) is 0 Å². The number of hydrogen-bond acceptors (Lipinski definition) is 5. The summed E-state index contributed by atoms with van der Waals surface area (Å²) in [5, 5.41) is 0. The lowest BCUT2D eigenvalue weighted by atomic mass is 10.4. The van der Waals surface area contributed by atoms with E-state index in [1.807, 2.05) is 0 Å². The third-order valence-electron chi connectivity index (χ3n) is 2.78. The van der Waals surface area contributed by atoms with E-state index in [-0.39, 0.29) is 30.2 Å². The second-order valence-corrected chi connectivity index (χ2v) is 6.55. The normalized spacial score (nSPS) is 11.0. The van der Waals surface area contributed by atoms with Crippen LogP contribution < -0.4 is 0 Å². The Morgan fingerprint density at radius 2 is 1.81 bits per heavy atom. The summed E-state index contributed by atoms with van der Waals surface area (Å²) in [4.78, 5) is 24.4. The molecule has 0 unspecified atom stereocenters. The minimum absolute atomic E-state index is 0.173. The number of amides is 1. The minimum atomic E-state index is -3.49. The molecule has 0 saturated heterocycles. The van der Waals surface area contributed by atoms with Crippen molar-refractivity contribution in [3.05, 3.63) is 30.3 Å². The number of sulfone groups is 1. The van der Waals surface area contributed by atoms with Crippen molar-refractivity contribution >= 4 is 21.7 Å². The van der Waals surface area contributed by atoms with Crippen LogP contribution in [0.2, 0.25) is 0 Å². The molecule has 0 fully saturated rings. The van der Waals surface area contributed by atoms with Crippen LogP contribution in [0, 0.1) is 0 Å². The number of rotatable bonds is 7. The molecule has 1 aromatic rings. The average molecular weight is 313 g/mol. The van der Waals surface area contributed by atoms with Gasteiger partial charge in [0.2, 0.25) is 5.91 Å². The molecule has 0 bridgehead atoms. The van der Waals surface area contributed by atoms with Crippen LogP contribution in [0.3, 0.4) is 0 Å². The summed E-state index contributed by atoms with van der Waals surface area (Å²) in [5.41, 5.74) is 0. The topological polar surface area (TPSA) is 80.8 Å². The molecule has 0 spiro atoms. The quantitative estimate of drug-likeness (QED) is 0.698. The van der Waals surface area contributed by atoms with E-state index in [2.05, 4.69) is 0 Å². The van der Waals surface area contributed by atoms with Gasteiger partial charge in [0.15, 0.2) is 9.84 Å². The van der Waals surface area contributed by atoms with E-state index in [0.29, 0.717) is 0 Å². The lowest BCUT2D eigenvalue weighted by molar-refractivity contribution is -0.148. The van der Waals surface area contributed by atoms with Gasteiger partial charge in [-0.3, -0.25) is 9.59 Å². The molecule has 0 aromatic heterocycles. The lowest BCUT2D eigenvalue weighted by Crippen LogP contribution is -2.34. The minimum Gasteiger partial charge on any atom is -0.465 e. The van der Waals surface area contributed by atoms with Crippen LogP contribution >= 0.6 is 0 Å². The van der Waals surface area contributed by atoms with Gasteiger partial charge in [-0.05, 0) is 19.1 Å². The molecule has 116 valence electrons. The van der Waals surface area contributed by atoms with Crippen LogP contribution in [0.5, 0.6) is 0 Å². The molecule has 0 aliphatic carbocycles. The Hall–Kier alpha value is -1.89. The van der Waals surface area contributed by atoms with Gasteiger partial charge in [-0.2, -0.15) is 0 Å². The molecule has 0 radical (unpaired) electrons. The molecule has 7 heteroatoms. The molecule has 0 aliphatic rings. The lowest BCUT2D eigenvalue weighted by Gasteiger charge is -2.16. The highest BCUT2D eigenvalue weighted by Crippen LogP contribution is 2.11. The van der Waals surface area contributed by atoms with Crippen molar-refractivity contribution in [3.63, 3.8) is 0 Å². The molecule has 1 rings (SSSR count). The van der Waals surface area contributed by atoms with Gasteiger partial charge in [0, 0.05) is 13.5 Å². The van der Waals surface area contributed by atoms with E-state index in [1.165, 1.54) is 24.1 Å². The fourth-order valence-electron chi connectivity index (χ4n) is 1.65. The highest BCUT2D eigenvalue weighted by Gasteiger charge is 2.19. The van der Waals surface area contributed by atoms with Gasteiger partial charge >= 0.3 is 5.97 Å². The van der Waals surface area contributed by atoms with Gasteiger partial charge in [-0.25, -0.2) is 8.42 Å². The Morgan fingerprint density at radius 1 is 1.19 bits per heavy atom. The standard InChI is InChI=1S/C14H19NO5S/c1-3-20-14(17)11-15(2)13(16)9-10-21(18,19)12-7-5-4-6-8-12/h4-8H,3,9-11H2,1-2H3. The van der Waals surface area contributed by atoms with Crippen molar-refractivity contribution in [3.8, 4) is 0 Å². The second-order valence-electron chi connectivity index (χ2n) is 4.44. The first-order valence-electron chi connectivity index (χ1n) is 6.54. The van der Waals surface area contributed by atoms with Crippen molar-refractivity contribution in [2.24, 2.45) is 0 Å². The predicted molar refractivity (Wildman–Crippen MR) is 77.4 cm³/mol. The van der Waals surface area contributed by atoms with E-state index in [4.69, 9.17) is 4.74 Å². The molecule has 21 heavy (non-hydrogen) atoms. The maximum Gasteiger partial charge on any atom is 0.325 e. The van der Waals surface area contributed by atoms with Crippen LogP contribution in [0.15, 0.2) is 35.2 Å². The monoisotopic (exact) mass is 313 g/mol. The highest BCUT2D eigenvalue weighted by molar-refractivity contribution is 7.91. The van der Waals surface area contributed by atoms with Gasteiger partial charge in [0.1, 0.15) is 6.54 Å². The van der Waals surface area contributed by atoms with Crippen LogP contribution in [-0.4, -0.2) is 51.1 Å². The zero-order valence-electron chi connectivity index (χ0n) is 12.1. The largest absolute Gasteiger partial charge is 0.465 e. The Labute approximate surface area is 124 Å². The molecule has 1 aromatic carbocycles. The van der Waals surface area contributed by atoms with E-state index in [9.17, 15) is 18.0 Å². The van der Waals surface area contributed by atoms with E-state index in [1.54, 1.807) is 25.1 Å². The first-order valence-corrected chi connectivity index (χ1v) is 8.19. The number of carbonyl (C=O) groups excluding carboxylic acids is 2. The third-order valence-corrected chi connectivity index (χ3v) is 4.52. The summed E-state index contributed by atoms with van der Waals surface area (Å²) in [5.74, 6) is -1.22. The molecular weight excluding hydrogens is 294 g/mol. The number of esters is 1. The maximum absolute atomic E-state index is 12.0. The van der Waals surface area contributed by atoms with Gasteiger partial charge in [-0.15, -0.1) is 0 Å². The Morgan fingerprint density at radius 3 is 2.38 bits per heavy atom. The van der Waals surface area contributed by atoms with Crippen molar-refractivity contribution < 1.29 is 22.7 Å². The number of nitrogens with zero attached hydrogens (tertiary/aromatic N) is 1. The molecule has 0 aliphatic heterocycles. The summed E-state index contributed by atoms with van der Waals surface area (Å²) in [6, 6.07) is 7.95. The number of hydrogen-bond donors (Lipinski definition) is 0. The van der Waals surface area contributed by atoms with Gasteiger partial charge in [-0.1, -0.05) is 18.2 Å². The average Bonchev–Trinajstić information content (AvgIpc) is 2.46. The fraction of sp³-hybridized carbons (Fsp3) is 0.429. The van der Waals surface area contributed by atoms with Crippen LogP contribution in [0.4, 0.5) is 0 Å². The van der Waals surface area contributed by atoms with E-state index < -0.39 is 21.7 Å². The summed E-state index contributed by atoms with van der Waals surface area (Å²) in [7, 11) is -2.05. The van der Waals surface area contributed by atoms with Crippen molar-refractivity contribution in [2.75, 3.05) is 26.0 Å². The predicted octanol–water partition coefficient (Wildman–Crippen LogP) is 0.872. The molecule has 0 N–H and O–H groups in total. The van der Waals surface area contributed by atoms with Gasteiger partial charge < -0.3 is 9.64 Å². The van der Waals surface area contributed by atoms with Gasteiger partial charge in [0.05, 0.1) is 17.3 Å². The summed E-state index contributed by atoms with van der Waals surface area (Å²) >= 11 is 0. The summed E-state index contributed by atoms with van der Waals surface area (Å²) in [6.07, 6.45) is -0.173. The van der Waals surface area contributed by atoms with Crippen molar-refractivity contribution in [1.82, 2.24) is 4.90 Å². The second kappa shape index (κ2) is 7.78. The Balaban J connectivity index is 2.54. The van der Waals surface area contributed by atoms with Crippen LogP contribution in [0.25, 0.3) is 0 Å². The third kappa shape index (κ3) is 5.55. The smallest absolute Gasteiger partial charge is 0.325 e.